The van der Waals surface area contributed by atoms with Gasteiger partial charge in [-0.05, 0) is 24.1 Å². The zero-order valence-corrected chi connectivity index (χ0v) is 7.37. The van der Waals surface area contributed by atoms with Gasteiger partial charge in [0.05, 0.1) is 17.2 Å². The maximum absolute atomic E-state index is 11.3. The van der Waals surface area contributed by atoms with Crippen molar-refractivity contribution in [2.24, 2.45) is 0 Å². The lowest BCUT2D eigenvalue weighted by Gasteiger charge is -1.98. The fraction of sp³-hybridized carbons (Fsp3) is 0.200. The molecule has 0 aliphatic rings. The van der Waals surface area contributed by atoms with Crippen LogP contribution in [0.2, 0.25) is 0 Å². The van der Waals surface area contributed by atoms with Crippen molar-refractivity contribution in [2.45, 2.75) is 13.3 Å². The highest BCUT2D eigenvalue weighted by Crippen LogP contribution is 2.09. The van der Waals surface area contributed by atoms with Crippen LogP contribution in [0.3, 0.4) is 0 Å². The summed E-state index contributed by atoms with van der Waals surface area (Å²) in [6.07, 6.45) is 2.40. The molecule has 0 aliphatic carbocycles. The van der Waals surface area contributed by atoms with Gasteiger partial charge in [0.15, 0.2) is 0 Å². The van der Waals surface area contributed by atoms with Crippen LogP contribution in [0, 0.1) is 0 Å². The number of rotatable bonds is 1. The van der Waals surface area contributed by atoms with Crippen LogP contribution in [0.25, 0.3) is 10.9 Å². The van der Waals surface area contributed by atoms with Crippen molar-refractivity contribution in [3.05, 3.63) is 40.4 Å². The Labute approximate surface area is 75.4 Å². The van der Waals surface area contributed by atoms with Gasteiger partial charge in [0.1, 0.15) is 0 Å². The molecule has 1 aromatic heterocycles. The molecule has 0 aliphatic heterocycles. The smallest absolute Gasteiger partial charge is 0.258 e. The van der Waals surface area contributed by atoms with Gasteiger partial charge in [0.25, 0.3) is 5.56 Å². The number of benzene rings is 1. The Morgan fingerprint density at radius 1 is 1.46 bits per heavy atom. The Morgan fingerprint density at radius 3 is 3.08 bits per heavy atom. The Kier molecular flexibility index (Phi) is 1.85. The highest BCUT2D eigenvalue weighted by molar-refractivity contribution is 5.77. The van der Waals surface area contributed by atoms with E-state index in [9.17, 15) is 4.79 Å². The molecule has 3 heteroatoms. The average Bonchev–Trinajstić information content (AvgIpc) is 2.18. The van der Waals surface area contributed by atoms with Crippen molar-refractivity contribution in [2.75, 3.05) is 0 Å². The van der Waals surface area contributed by atoms with Crippen LogP contribution in [0.5, 0.6) is 0 Å². The van der Waals surface area contributed by atoms with Crippen LogP contribution < -0.4 is 5.56 Å². The third-order valence-corrected chi connectivity index (χ3v) is 2.11. The largest absolute Gasteiger partial charge is 0.313 e. The minimum Gasteiger partial charge on any atom is -0.313 e. The maximum atomic E-state index is 11.3. The van der Waals surface area contributed by atoms with Gasteiger partial charge in [-0.3, -0.25) is 4.79 Å². The normalized spacial score (nSPS) is 10.5. The van der Waals surface area contributed by atoms with E-state index in [1.54, 1.807) is 0 Å². The summed E-state index contributed by atoms with van der Waals surface area (Å²) in [6.45, 7) is 2.08. The molecule has 1 aromatic carbocycles. The van der Waals surface area contributed by atoms with E-state index in [-0.39, 0.29) is 5.56 Å². The lowest BCUT2D eigenvalue weighted by molar-refractivity contribution is 1.13. The highest BCUT2D eigenvalue weighted by Gasteiger charge is 1.98. The fourth-order valence-corrected chi connectivity index (χ4v) is 1.33. The zero-order valence-electron chi connectivity index (χ0n) is 7.37. The first-order chi connectivity index (χ1) is 6.31. The Bertz CT molecular complexity index is 487. The predicted octanol–water partition coefficient (Wildman–Crippen LogP) is 1.49. The number of aryl methyl sites for hydroxylation is 1. The summed E-state index contributed by atoms with van der Waals surface area (Å²) in [5.74, 6) is 0. The number of nitrogens with zero attached hydrogens (tertiary/aromatic N) is 1. The van der Waals surface area contributed by atoms with E-state index in [0.29, 0.717) is 5.39 Å². The summed E-state index contributed by atoms with van der Waals surface area (Å²) in [5, 5.41) is 0.653. The topological polar surface area (TPSA) is 45.8 Å². The highest BCUT2D eigenvalue weighted by atomic mass is 16.1. The second kappa shape index (κ2) is 3.01. The van der Waals surface area contributed by atoms with E-state index in [1.165, 1.54) is 11.9 Å². The Hall–Kier alpha value is -1.64. The molecule has 0 radical (unpaired) electrons. The number of H-pyrrole nitrogens is 1. The van der Waals surface area contributed by atoms with Crippen LogP contribution in [0.1, 0.15) is 12.5 Å². The molecule has 2 rings (SSSR count). The molecule has 0 saturated carbocycles. The molecule has 3 nitrogen and oxygen atoms in total. The van der Waals surface area contributed by atoms with Gasteiger partial charge < -0.3 is 4.98 Å². The molecule has 13 heavy (non-hydrogen) atoms. The van der Waals surface area contributed by atoms with Gasteiger partial charge >= 0.3 is 0 Å². The first-order valence-corrected chi connectivity index (χ1v) is 4.27. The van der Waals surface area contributed by atoms with Crippen molar-refractivity contribution in [1.29, 1.82) is 0 Å². The molecule has 66 valence electrons. The van der Waals surface area contributed by atoms with Crippen molar-refractivity contribution < 1.29 is 0 Å². The van der Waals surface area contributed by atoms with Crippen LogP contribution in [0.4, 0.5) is 0 Å². The number of nitrogens with one attached hydrogen (secondary N) is 1. The van der Waals surface area contributed by atoms with Gasteiger partial charge in [0, 0.05) is 0 Å². The minimum atomic E-state index is -0.0762. The van der Waals surface area contributed by atoms with Crippen molar-refractivity contribution in [3.8, 4) is 0 Å². The quantitative estimate of drug-likeness (QED) is 0.711. The average molecular weight is 174 g/mol. The zero-order chi connectivity index (χ0) is 9.26. The lowest BCUT2D eigenvalue weighted by atomic mass is 10.1. The Morgan fingerprint density at radius 2 is 2.31 bits per heavy atom. The molecular weight excluding hydrogens is 164 g/mol. The SMILES string of the molecule is CCc1ccc2c(=O)[nH]cnc2c1. The molecule has 0 fully saturated rings. The molecule has 0 bridgehead atoms. The molecule has 1 heterocycles. The molecule has 1 N–H and O–H groups in total. The number of hydrogen-bond donors (Lipinski definition) is 1. The van der Waals surface area contributed by atoms with Crippen LogP contribution in [-0.2, 0) is 6.42 Å². The van der Waals surface area contributed by atoms with Gasteiger partial charge in [-0.2, -0.15) is 0 Å². The molecule has 2 aromatic rings. The Balaban J connectivity index is 2.80. The van der Waals surface area contributed by atoms with E-state index < -0.39 is 0 Å². The first-order valence-electron chi connectivity index (χ1n) is 4.27. The van der Waals surface area contributed by atoms with E-state index in [1.807, 2.05) is 18.2 Å². The van der Waals surface area contributed by atoms with Gasteiger partial charge in [-0.25, -0.2) is 4.98 Å². The molecule has 0 unspecified atom stereocenters. The third kappa shape index (κ3) is 1.33. The van der Waals surface area contributed by atoms with Gasteiger partial charge in [-0.1, -0.05) is 13.0 Å². The first kappa shape index (κ1) is 7.98. The molecular formula is C10H10N2O. The molecule has 0 saturated heterocycles. The number of aromatic amines is 1. The van der Waals surface area contributed by atoms with Gasteiger partial charge in [-0.15, -0.1) is 0 Å². The van der Waals surface area contributed by atoms with Gasteiger partial charge in [0.2, 0.25) is 0 Å². The molecule has 0 spiro atoms. The minimum absolute atomic E-state index is 0.0762. The second-order valence-corrected chi connectivity index (χ2v) is 2.94. The maximum Gasteiger partial charge on any atom is 0.258 e. The predicted molar refractivity (Wildman–Crippen MR) is 51.7 cm³/mol. The summed E-state index contributed by atoms with van der Waals surface area (Å²) >= 11 is 0. The summed E-state index contributed by atoms with van der Waals surface area (Å²) in [7, 11) is 0. The number of fused-ring (bicyclic) bond motifs is 1. The summed E-state index contributed by atoms with van der Waals surface area (Å²) in [4.78, 5) is 17.9. The van der Waals surface area contributed by atoms with E-state index in [2.05, 4.69) is 16.9 Å². The monoisotopic (exact) mass is 174 g/mol. The lowest BCUT2D eigenvalue weighted by Crippen LogP contribution is -2.06. The summed E-state index contributed by atoms with van der Waals surface area (Å²) in [5.41, 5.74) is 1.89. The third-order valence-electron chi connectivity index (χ3n) is 2.11. The van der Waals surface area contributed by atoms with Crippen LogP contribution >= 0.6 is 0 Å². The molecule has 0 atom stereocenters. The van der Waals surface area contributed by atoms with Crippen LogP contribution in [-0.4, -0.2) is 9.97 Å². The number of hydrogen-bond acceptors (Lipinski definition) is 2. The fourth-order valence-electron chi connectivity index (χ4n) is 1.33. The number of aromatic nitrogens is 2. The van der Waals surface area contributed by atoms with Crippen LogP contribution in [0.15, 0.2) is 29.3 Å². The van der Waals surface area contributed by atoms with Crippen molar-refractivity contribution >= 4 is 10.9 Å². The van der Waals surface area contributed by atoms with Crippen molar-refractivity contribution in [3.63, 3.8) is 0 Å². The van der Waals surface area contributed by atoms with E-state index >= 15 is 0 Å². The summed E-state index contributed by atoms with van der Waals surface area (Å²) in [6, 6.07) is 5.73. The van der Waals surface area contributed by atoms with Crippen molar-refractivity contribution in [1.82, 2.24) is 9.97 Å². The van der Waals surface area contributed by atoms with E-state index in [0.717, 1.165) is 11.9 Å². The standard InChI is InChI=1S/C10H10N2O/c1-2-7-3-4-8-9(5-7)11-6-12-10(8)13/h3-6H,2H2,1H3,(H,11,12,13). The summed E-state index contributed by atoms with van der Waals surface area (Å²) < 4.78 is 0. The molecule has 0 amide bonds. The second-order valence-electron chi connectivity index (χ2n) is 2.94. The van der Waals surface area contributed by atoms with E-state index in [4.69, 9.17) is 0 Å².